The second-order valence-electron chi connectivity index (χ2n) is 6.09. The monoisotopic (exact) mass is 256 g/mol. The Kier molecular flexibility index (Phi) is 2.85. The van der Waals surface area contributed by atoms with E-state index in [0.717, 1.165) is 36.6 Å². The van der Waals surface area contributed by atoms with Crippen molar-refractivity contribution in [3.63, 3.8) is 0 Å². The van der Waals surface area contributed by atoms with Gasteiger partial charge in [0.1, 0.15) is 5.75 Å². The van der Waals surface area contributed by atoms with Crippen LogP contribution < -0.4 is 4.74 Å². The van der Waals surface area contributed by atoms with Gasteiger partial charge in [0, 0.05) is 23.9 Å². The molecule has 0 saturated carbocycles. The second kappa shape index (κ2) is 4.41. The lowest BCUT2D eigenvalue weighted by atomic mass is 9.92. The summed E-state index contributed by atoms with van der Waals surface area (Å²) in [5.74, 6) is 0.962. The Bertz CT molecular complexity index is 593. The molecule has 0 radical (unpaired) electrons. The molecule has 0 bridgehead atoms. The highest BCUT2D eigenvalue weighted by Gasteiger charge is 2.22. The molecule has 2 heterocycles. The van der Waals surface area contributed by atoms with Crippen molar-refractivity contribution in [1.82, 2.24) is 9.78 Å². The molecule has 0 saturated heterocycles. The second-order valence-corrected chi connectivity index (χ2v) is 6.09. The number of aromatic nitrogens is 2. The van der Waals surface area contributed by atoms with Gasteiger partial charge in [-0.3, -0.25) is 4.68 Å². The molecule has 3 nitrogen and oxygen atoms in total. The van der Waals surface area contributed by atoms with E-state index in [9.17, 15) is 0 Å². The minimum Gasteiger partial charge on any atom is -0.493 e. The first-order valence-corrected chi connectivity index (χ1v) is 6.86. The number of ether oxygens (including phenoxy) is 1. The van der Waals surface area contributed by atoms with E-state index in [-0.39, 0.29) is 5.41 Å². The highest BCUT2D eigenvalue weighted by Crippen LogP contribution is 2.34. The van der Waals surface area contributed by atoms with E-state index in [1.165, 1.54) is 5.69 Å². The molecule has 0 spiro atoms. The van der Waals surface area contributed by atoms with Crippen molar-refractivity contribution in [3.8, 4) is 17.0 Å². The largest absolute Gasteiger partial charge is 0.493 e. The van der Waals surface area contributed by atoms with Crippen molar-refractivity contribution >= 4 is 0 Å². The molecule has 0 atom stereocenters. The first-order valence-electron chi connectivity index (χ1n) is 6.86. The molecule has 0 amide bonds. The summed E-state index contributed by atoms with van der Waals surface area (Å²) in [7, 11) is 0. The van der Waals surface area contributed by atoms with E-state index < -0.39 is 0 Å². The van der Waals surface area contributed by atoms with Crippen LogP contribution in [0.1, 0.15) is 32.9 Å². The standard InChI is InChI=1S/C16H20N2O/c1-16(2,3)15-11-13-12-7-4-5-8-14(12)19-10-6-9-18(13)17-15/h4-5,7-8,11H,6,9-10H2,1-3H3. The number of hydrogen-bond donors (Lipinski definition) is 0. The van der Waals surface area contributed by atoms with E-state index >= 15 is 0 Å². The van der Waals surface area contributed by atoms with Gasteiger partial charge in [0.05, 0.1) is 18.0 Å². The number of fused-ring (bicyclic) bond motifs is 3. The molecule has 0 N–H and O–H groups in total. The van der Waals surface area contributed by atoms with Crippen molar-refractivity contribution in [2.75, 3.05) is 6.61 Å². The molecule has 3 heteroatoms. The van der Waals surface area contributed by atoms with Gasteiger partial charge in [0.2, 0.25) is 0 Å². The first kappa shape index (κ1) is 12.3. The lowest BCUT2D eigenvalue weighted by Crippen LogP contribution is -2.14. The number of rotatable bonds is 0. The molecule has 0 fully saturated rings. The van der Waals surface area contributed by atoms with Crippen LogP contribution >= 0.6 is 0 Å². The van der Waals surface area contributed by atoms with Gasteiger partial charge >= 0.3 is 0 Å². The third kappa shape index (κ3) is 2.25. The maximum Gasteiger partial charge on any atom is 0.128 e. The molecule has 1 aliphatic heterocycles. The molecular formula is C16H20N2O. The highest BCUT2D eigenvalue weighted by molar-refractivity contribution is 5.68. The fourth-order valence-electron chi connectivity index (χ4n) is 2.37. The van der Waals surface area contributed by atoms with Crippen LogP contribution in [0.3, 0.4) is 0 Å². The van der Waals surface area contributed by atoms with Crippen molar-refractivity contribution < 1.29 is 4.74 Å². The van der Waals surface area contributed by atoms with E-state index in [0.29, 0.717) is 0 Å². The molecular weight excluding hydrogens is 236 g/mol. The third-order valence-corrected chi connectivity index (χ3v) is 3.48. The van der Waals surface area contributed by atoms with Gasteiger partial charge in [0.25, 0.3) is 0 Å². The van der Waals surface area contributed by atoms with Crippen molar-refractivity contribution in [1.29, 1.82) is 0 Å². The maximum atomic E-state index is 5.84. The van der Waals surface area contributed by atoms with Gasteiger partial charge in [-0.05, 0) is 18.2 Å². The zero-order valence-electron chi connectivity index (χ0n) is 11.8. The molecule has 19 heavy (non-hydrogen) atoms. The Hall–Kier alpha value is -1.77. The van der Waals surface area contributed by atoms with Crippen LogP contribution in [0.25, 0.3) is 11.3 Å². The smallest absolute Gasteiger partial charge is 0.128 e. The first-order chi connectivity index (χ1) is 9.05. The Morgan fingerprint density at radius 3 is 2.79 bits per heavy atom. The van der Waals surface area contributed by atoms with Crippen LogP contribution in [0.4, 0.5) is 0 Å². The highest BCUT2D eigenvalue weighted by atomic mass is 16.5. The van der Waals surface area contributed by atoms with E-state index in [1.807, 2.05) is 12.1 Å². The summed E-state index contributed by atoms with van der Waals surface area (Å²) in [5.41, 5.74) is 3.52. The molecule has 100 valence electrons. The summed E-state index contributed by atoms with van der Waals surface area (Å²) in [6.07, 6.45) is 0.993. The van der Waals surface area contributed by atoms with Crippen LogP contribution in [0.5, 0.6) is 5.75 Å². The predicted molar refractivity (Wildman–Crippen MR) is 76.5 cm³/mol. The molecule has 1 aliphatic rings. The Labute approximate surface area is 114 Å². The summed E-state index contributed by atoms with van der Waals surface area (Å²) in [6.45, 7) is 8.27. The minimum absolute atomic E-state index is 0.0733. The number of nitrogens with zero attached hydrogens (tertiary/aromatic N) is 2. The average Bonchev–Trinajstić information content (AvgIpc) is 2.75. The third-order valence-electron chi connectivity index (χ3n) is 3.48. The van der Waals surface area contributed by atoms with E-state index in [4.69, 9.17) is 9.84 Å². The summed E-state index contributed by atoms with van der Waals surface area (Å²) in [4.78, 5) is 0. The number of benzene rings is 1. The van der Waals surface area contributed by atoms with Gasteiger partial charge in [-0.15, -0.1) is 0 Å². The van der Waals surface area contributed by atoms with Gasteiger partial charge in [-0.2, -0.15) is 5.10 Å². The maximum absolute atomic E-state index is 5.84. The van der Waals surface area contributed by atoms with E-state index in [1.54, 1.807) is 0 Å². The van der Waals surface area contributed by atoms with Crippen molar-refractivity contribution in [2.45, 2.75) is 39.2 Å². The number of aryl methyl sites for hydroxylation is 1. The molecule has 1 aromatic heterocycles. The molecule has 0 aliphatic carbocycles. The number of hydrogen-bond acceptors (Lipinski definition) is 2. The van der Waals surface area contributed by atoms with Gasteiger partial charge in [-0.1, -0.05) is 32.9 Å². The molecule has 3 rings (SSSR count). The van der Waals surface area contributed by atoms with Crippen LogP contribution in [-0.2, 0) is 12.0 Å². The summed E-state index contributed by atoms with van der Waals surface area (Å²) in [6, 6.07) is 10.4. The Morgan fingerprint density at radius 1 is 1.21 bits per heavy atom. The summed E-state index contributed by atoms with van der Waals surface area (Å²) < 4.78 is 7.97. The predicted octanol–water partition coefficient (Wildman–Crippen LogP) is 3.63. The fraction of sp³-hybridized carbons (Fsp3) is 0.438. The lowest BCUT2D eigenvalue weighted by Gasteiger charge is -2.16. The Balaban J connectivity index is 2.17. The zero-order valence-corrected chi connectivity index (χ0v) is 11.8. The van der Waals surface area contributed by atoms with Crippen LogP contribution in [0, 0.1) is 0 Å². The van der Waals surface area contributed by atoms with Crippen LogP contribution in [0.2, 0.25) is 0 Å². The quantitative estimate of drug-likeness (QED) is 0.719. The fourth-order valence-corrected chi connectivity index (χ4v) is 2.37. The van der Waals surface area contributed by atoms with Crippen molar-refractivity contribution in [2.24, 2.45) is 0 Å². The van der Waals surface area contributed by atoms with Gasteiger partial charge < -0.3 is 4.74 Å². The normalized spacial score (nSPS) is 14.9. The number of para-hydroxylation sites is 1. The molecule has 1 aromatic carbocycles. The topological polar surface area (TPSA) is 27.1 Å². The van der Waals surface area contributed by atoms with Gasteiger partial charge in [0.15, 0.2) is 0 Å². The van der Waals surface area contributed by atoms with Crippen molar-refractivity contribution in [3.05, 3.63) is 36.0 Å². The van der Waals surface area contributed by atoms with Gasteiger partial charge in [-0.25, -0.2) is 0 Å². The zero-order chi connectivity index (χ0) is 13.5. The van der Waals surface area contributed by atoms with Crippen LogP contribution in [0.15, 0.2) is 30.3 Å². The SMILES string of the molecule is CC(C)(C)c1cc2n(n1)CCCOc1ccccc1-2. The summed E-state index contributed by atoms with van der Waals surface area (Å²) >= 11 is 0. The average molecular weight is 256 g/mol. The minimum atomic E-state index is 0.0733. The summed E-state index contributed by atoms with van der Waals surface area (Å²) in [5, 5.41) is 4.78. The Morgan fingerprint density at radius 2 is 2.00 bits per heavy atom. The molecule has 0 unspecified atom stereocenters. The van der Waals surface area contributed by atoms with Crippen LogP contribution in [-0.4, -0.2) is 16.4 Å². The molecule has 2 aromatic rings. The van der Waals surface area contributed by atoms with E-state index in [2.05, 4.69) is 43.7 Å². The lowest BCUT2D eigenvalue weighted by molar-refractivity contribution is 0.295.